The number of non-ortho nitro benzene ring substituents is 1. The van der Waals surface area contributed by atoms with Gasteiger partial charge in [0.2, 0.25) is 0 Å². The van der Waals surface area contributed by atoms with Crippen molar-refractivity contribution in [1.82, 2.24) is 9.97 Å². The number of benzene rings is 2. The molecule has 1 N–H and O–H groups in total. The molecule has 1 heterocycles. The summed E-state index contributed by atoms with van der Waals surface area (Å²) in [7, 11) is 0. The predicted octanol–water partition coefficient (Wildman–Crippen LogP) is 4.88. The second kappa shape index (κ2) is 7.27. The lowest BCUT2D eigenvalue weighted by atomic mass is 10.1. The van der Waals surface area contributed by atoms with E-state index in [-0.39, 0.29) is 11.7 Å². The molecule has 0 saturated heterocycles. The number of hydrogen-bond donors (Lipinski definition) is 1. The van der Waals surface area contributed by atoms with Crippen LogP contribution in [0.25, 0.3) is 11.3 Å². The van der Waals surface area contributed by atoms with E-state index in [0.29, 0.717) is 16.5 Å². The van der Waals surface area contributed by atoms with Crippen molar-refractivity contribution in [3.05, 3.63) is 81.6 Å². The fourth-order valence-corrected chi connectivity index (χ4v) is 2.80. The lowest BCUT2D eigenvalue weighted by molar-refractivity contribution is -0.384. The molecule has 0 fully saturated rings. The topological polar surface area (TPSA) is 81.0 Å². The van der Waals surface area contributed by atoms with Crippen LogP contribution in [0.15, 0.2) is 60.9 Å². The molecule has 0 aliphatic carbocycles. The Bertz CT molecular complexity index is 900. The van der Waals surface area contributed by atoms with Crippen LogP contribution in [-0.4, -0.2) is 14.9 Å². The van der Waals surface area contributed by atoms with Crippen LogP contribution in [0.1, 0.15) is 18.5 Å². The highest BCUT2D eigenvalue weighted by Crippen LogP contribution is 2.30. The minimum Gasteiger partial charge on any atom is -0.362 e. The Kier molecular flexibility index (Phi) is 4.90. The summed E-state index contributed by atoms with van der Waals surface area (Å²) in [5.74, 6) is 0.587. The van der Waals surface area contributed by atoms with E-state index in [1.807, 2.05) is 31.2 Å². The average Bonchev–Trinajstić information content (AvgIpc) is 2.62. The number of hydrogen-bond acceptors (Lipinski definition) is 5. The molecule has 7 heteroatoms. The molecular formula is C18H15ClN4O2. The van der Waals surface area contributed by atoms with Crippen LogP contribution in [0, 0.1) is 10.1 Å². The quantitative estimate of drug-likeness (QED) is 0.521. The maximum absolute atomic E-state index is 10.8. The summed E-state index contributed by atoms with van der Waals surface area (Å²) in [6, 6.07) is 13.7. The summed E-state index contributed by atoms with van der Waals surface area (Å²) in [4.78, 5) is 19.1. The van der Waals surface area contributed by atoms with Gasteiger partial charge in [-0.2, -0.15) is 0 Å². The Balaban J connectivity index is 1.91. The van der Waals surface area contributed by atoms with Crippen molar-refractivity contribution in [3.63, 3.8) is 0 Å². The molecule has 1 aromatic heterocycles. The number of nitro groups is 1. The molecule has 0 saturated carbocycles. The van der Waals surface area contributed by atoms with Crippen LogP contribution in [0.3, 0.4) is 0 Å². The third-order valence-corrected chi connectivity index (χ3v) is 4.12. The number of halogens is 1. The van der Waals surface area contributed by atoms with Gasteiger partial charge in [0, 0.05) is 35.1 Å². The number of aromatic nitrogens is 2. The summed E-state index contributed by atoms with van der Waals surface area (Å²) < 4.78 is 0. The van der Waals surface area contributed by atoms with Gasteiger partial charge >= 0.3 is 0 Å². The van der Waals surface area contributed by atoms with Crippen molar-refractivity contribution < 1.29 is 4.92 Å². The van der Waals surface area contributed by atoms with E-state index in [2.05, 4.69) is 15.3 Å². The van der Waals surface area contributed by atoms with E-state index < -0.39 is 4.92 Å². The smallest absolute Gasteiger partial charge is 0.269 e. The Morgan fingerprint density at radius 3 is 2.44 bits per heavy atom. The summed E-state index contributed by atoms with van der Waals surface area (Å²) in [6.45, 7) is 1.98. The van der Waals surface area contributed by atoms with E-state index in [1.54, 1.807) is 24.5 Å². The van der Waals surface area contributed by atoms with E-state index in [0.717, 1.165) is 11.1 Å². The van der Waals surface area contributed by atoms with Crippen LogP contribution in [0.5, 0.6) is 0 Å². The largest absolute Gasteiger partial charge is 0.362 e. The molecular weight excluding hydrogens is 340 g/mol. The maximum atomic E-state index is 10.8. The van der Waals surface area contributed by atoms with E-state index in [4.69, 9.17) is 11.6 Å². The molecule has 6 nitrogen and oxygen atoms in total. The van der Waals surface area contributed by atoms with Crippen molar-refractivity contribution >= 4 is 23.1 Å². The minimum atomic E-state index is -0.431. The van der Waals surface area contributed by atoms with Crippen molar-refractivity contribution in [3.8, 4) is 11.3 Å². The molecule has 3 rings (SSSR count). The molecule has 2 aromatic carbocycles. The number of nitro benzene ring substituents is 1. The second-order valence-corrected chi connectivity index (χ2v) is 5.85. The van der Waals surface area contributed by atoms with Crippen molar-refractivity contribution in [1.29, 1.82) is 0 Å². The summed E-state index contributed by atoms with van der Waals surface area (Å²) >= 11 is 6.25. The van der Waals surface area contributed by atoms with Crippen LogP contribution < -0.4 is 5.32 Å². The number of nitrogens with zero attached hydrogens (tertiary/aromatic N) is 3. The van der Waals surface area contributed by atoms with Crippen LogP contribution in [0.2, 0.25) is 5.02 Å². The van der Waals surface area contributed by atoms with Crippen LogP contribution >= 0.6 is 11.6 Å². The molecule has 126 valence electrons. The van der Waals surface area contributed by atoms with Crippen LogP contribution in [-0.2, 0) is 0 Å². The van der Waals surface area contributed by atoms with Gasteiger partial charge in [-0.1, -0.05) is 29.8 Å². The van der Waals surface area contributed by atoms with Gasteiger partial charge < -0.3 is 5.32 Å². The molecule has 3 aromatic rings. The molecule has 0 radical (unpaired) electrons. The van der Waals surface area contributed by atoms with Gasteiger partial charge in [-0.15, -0.1) is 0 Å². The third kappa shape index (κ3) is 3.75. The second-order valence-electron chi connectivity index (χ2n) is 5.45. The first-order chi connectivity index (χ1) is 12.1. The summed E-state index contributed by atoms with van der Waals surface area (Å²) in [5, 5.41) is 14.8. The first-order valence-corrected chi connectivity index (χ1v) is 8.01. The Morgan fingerprint density at radius 2 is 1.76 bits per heavy atom. The zero-order valence-electron chi connectivity index (χ0n) is 13.4. The van der Waals surface area contributed by atoms with Gasteiger partial charge in [0.1, 0.15) is 5.69 Å². The van der Waals surface area contributed by atoms with E-state index in [1.165, 1.54) is 12.1 Å². The maximum Gasteiger partial charge on any atom is 0.269 e. The standard InChI is InChI=1S/C18H15ClN4O2/c1-12(15-4-2-3-5-16(15)19)22-18-17(20-10-11-21-18)13-6-8-14(9-7-13)23(24)25/h2-12H,1H3,(H,21,22)/t12-/m0/s1. The Hall–Kier alpha value is -2.99. The minimum absolute atomic E-state index is 0.0339. The van der Waals surface area contributed by atoms with Gasteiger partial charge in [-0.05, 0) is 30.7 Å². The lowest BCUT2D eigenvalue weighted by Gasteiger charge is -2.18. The van der Waals surface area contributed by atoms with Gasteiger partial charge in [0.25, 0.3) is 5.69 Å². The molecule has 1 atom stereocenters. The molecule has 25 heavy (non-hydrogen) atoms. The van der Waals surface area contributed by atoms with Crippen molar-refractivity contribution in [2.24, 2.45) is 0 Å². The number of nitrogens with one attached hydrogen (secondary N) is 1. The Labute approximate surface area is 149 Å². The number of rotatable bonds is 5. The first-order valence-electron chi connectivity index (χ1n) is 7.63. The SMILES string of the molecule is C[C@H](Nc1nccnc1-c1ccc([N+](=O)[O-])cc1)c1ccccc1Cl. The normalized spacial score (nSPS) is 11.8. The van der Waals surface area contributed by atoms with Crippen LogP contribution in [0.4, 0.5) is 11.5 Å². The monoisotopic (exact) mass is 354 g/mol. The zero-order chi connectivity index (χ0) is 17.8. The van der Waals surface area contributed by atoms with Gasteiger partial charge in [-0.3, -0.25) is 15.1 Å². The Morgan fingerprint density at radius 1 is 1.08 bits per heavy atom. The molecule has 0 unspecified atom stereocenters. The molecule has 0 bridgehead atoms. The highest BCUT2D eigenvalue weighted by molar-refractivity contribution is 6.31. The molecule has 0 aliphatic heterocycles. The summed E-state index contributed by atoms with van der Waals surface area (Å²) in [5.41, 5.74) is 2.35. The van der Waals surface area contributed by atoms with Crippen molar-refractivity contribution in [2.75, 3.05) is 5.32 Å². The highest BCUT2D eigenvalue weighted by atomic mass is 35.5. The highest BCUT2D eigenvalue weighted by Gasteiger charge is 2.14. The number of anilines is 1. The molecule has 0 spiro atoms. The van der Waals surface area contributed by atoms with E-state index in [9.17, 15) is 10.1 Å². The average molecular weight is 355 g/mol. The third-order valence-electron chi connectivity index (χ3n) is 3.77. The molecule has 0 amide bonds. The zero-order valence-corrected chi connectivity index (χ0v) is 14.1. The molecule has 0 aliphatic rings. The van der Waals surface area contributed by atoms with Gasteiger partial charge in [-0.25, -0.2) is 4.98 Å². The summed E-state index contributed by atoms with van der Waals surface area (Å²) in [6.07, 6.45) is 3.18. The van der Waals surface area contributed by atoms with Gasteiger partial charge in [0.15, 0.2) is 5.82 Å². The fourth-order valence-electron chi connectivity index (χ4n) is 2.51. The lowest BCUT2D eigenvalue weighted by Crippen LogP contribution is -2.10. The van der Waals surface area contributed by atoms with Crippen molar-refractivity contribution in [2.45, 2.75) is 13.0 Å². The predicted molar refractivity (Wildman–Crippen MR) is 97.6 cm³/mol. The van der Waals surface area contributed by atoms with E-state index >= 15 is 0 Å². The first kappa shape index (κ1) is 16.9. The van der Waals surface area contributed by atoms with Gasteiger partial charge in [0.05, 0.1) is 11.0 Å². The fraction of sp³-hybridized carbons (Fsp3) is 0.111.